The van der Waals surface area contributed by atoms with Crippen molar-refractivity contribution in [2.45, 2.75) is 13.5 Å². The molecule has 2 aromatic carbocycles. The molecular weight excluding hydrogens is 372 g/mol. The van der Waals surface area contributed by atoms with Gasteiger partial charge in [-0.1, -0.05) is 18.2 Å². The molecule has 6 nitrogen and oxygen atoms in total. The lowest BCUT2D eigenvalue weighted by Crippen LogP contribution is -2.07. The zero-order valence-electron chi connectivity index (χ0n) is 15.1. The number of cyclic esters (lactones) is 1. The maximum Gasteiger partial charge on any atom is 0.387 e. The van der Waals surface area contributed by atoms with Crippen molar-refractivity contribution < 1.29 is 32.5 Å². The van der Waals surface area contributed by atoms with Gasteiger partial charge in [-0.05, 0) is 42.8 Å². The fourth-order valence-electron chi connectivity index (χ4n) is 2.57. The van der Waals surface area contributed by atoms with Crippen molar-refractivity contribution >= 4 is 17.9 Å². The van der Waals surface area contributed by atoms with Crippen LogP contribution in [-0.2, 0) is 9.53 Å². The lowest BCUT2D eigenvalue weighted by Gasteiger charge is -2.10. The van der Waals surface area contributed by atoms with E-state index in [1.54, 1.807) is 24.3 Å². The monoisotopic (exact) mass is 389 g/mol. The molecule has 0 fully saturated rings. The van der Waals surface area contributed by atoms with E-state index >= 15 is 0 Å². The summed E-state index contributed by atoms with van der Waals surface area (Å²) in [5.74, 6) is 0.0430. The van der Waals surface area contributed by atoms with E-state index in [4.69, 9.17) is 14.2 Å². The number of alkyl halides is 2. The minimum absolute atomic E-state index is 0.0610. The molecule has 0 spiro atoms. The molecule has 0 atom stereocenters. The number of carbonyl (C=O) groups excluding carboxylic acids is 1. The summed E-state index contributed by atoms with van der Waals surface area (Å²) >= 11 is 0. The highest BCUT2D eigenvalue weighted by molar-refractivity contribution is 6.13. The van der Waals surface area contributed by atoms with Gasteiger partial charge in [0.15, 0.2) is 17.2 Å². The van der Waals surface area contributed by atoms with E-state index in [0.717, 1.165) is 0 Å². The zero-order valence-corrected chi connectivity index (χ0v) is 15.1. The summed E-state index contributed by atoms with van der Waals surface area (Å²) in [6, 6.07) is 11.4. The van der Waals surface area contributed by atoms with Crippen molar-refractivity contribution in [1.82, 2.24) is 0 Å². The molecule has 0 unspecified atom stereocenters. The number of rotatable bonds is 7. The van der Waals surface area contributed by atoms with Crippen molar-refractivity contribution in [3.8, 4) is 17.2 Å². The zero-order chi connectivity index (χ0) is 20.1. The molecule has 1 heterocycles. The molecule has 0 aromatic heterocycles. The van der Waals surface area contributed by atoms with E-state index in [0.29, 0.717) is 23.5 Å². The van der Waals surface area contributed by atoms with Crippen LogP contribution in [-0.4, -0.2) is 32.2 Å². The summed E-state index contributed by atoms with van der Waals surface area (Å²) in [6.07, 6.45) is 1.47. The van der Waals surface area contributed by atoms with Crippen LogP contribution in [0, 0.1) is 0 Å². The third-order valence-electron chi connectivity index (χ3n) is 3.74. The molecule has 1 aliphatic heterocycles. The van der Waals surface area contributed by atoms with E-state index in [-0.39, 0.29) is 23.1 Å². The number of esters is 1. The Morgan fingerprint density at radius 2 is 1.93 bits per heavy atom. The Hall–Kier alpha value is -3.42. The number of hydrogen-bond acceptors (Lipinski definition) is 6. The minimum atomic E-state index is -2.97. The van der Waals surface area contributed by atoms with Gasteiger partial charge in [0.05, 0.1) is 19.3 Å². The number of nitrogens with zero attached hydrogens (tertiary/aromatic N) is 1. The predicted molar refractivity (Wildman–Crippen MR) is 97.8 cm³/mol. The SMILES string of the molecule is CCOc1ccccc1C1=N/C(=C\c2ccc(OC(F)F)c(OC)c2)C(=O)O1. The van der Waals surface area contributed by atoms with E-state index in [2.05, 4.69) is 9.73 Å². The van der Waals surface area contributed by atoms with E-state index < -0.39 is 12.6 Å². The van der Waals surface area contributed by atoms with Crippen LogP contribution in [0.5, 0.6) is 17.2 Å². The first-order valence-corrected chi connectivity index (χ1v) is 8.39. The molecule has 0 aliphatic carbocycles. The lowest BCUT2D eigenvalue weighted by molar-refractivity contribution is -0.129. The lowest BCUT2D eigenvalue weighted by atomic mass is 10.1. The Morgan fingerprint density at radius 3 is 2.64 bits per heavy atom. The number of benzene rings is 2. The molecule has 0 bridgehead atoms. The van der Waals surface area contributed by atoms with Gasteiger partial charge in [0.2, 0.25) is 5.90 Å². The number of hydrogen-bond donors (Lipinski definition) is 0. The maximum atomic E-state index is 12.4. The van der Waals surface area contributed by atoms with E-state index in [9.17, 15) is 13.6 Å². The molecule has 0 saturated carbocycles. The second-order valence-corrected chi connectivity index (χ2v) is 5.55. The van der Waals surface area contributed by atoms with Crippen molar-refractivity contribution in [2.75, 3.05) is 13.7 Å². The Morgan fingerprint density at radius 1 is 1.14 bits per heavy atom. The van der Waals surface area contributed by atoms with Gasteiger partial charge in [0.25, 0.3) is 0 Å². The normalized spacial score (nSPS) is 14.8. The number of para-hydroxylation sites is 1. The summed E-state index contributed by atoms with van der Waals surface area (Å²) in [4.78, 5) is 16.4. The number of halogens is 2. The van der Waals surface area contributed by atoms with Gasteiger partial charge in [-0.25, -0.2) is 9.79 Å². The molecule has 3 rings (SSSR count). The largest absolute Gasteiger partial charge is 0.493 e. The van der Waals surface area contributed by atoms with E-state index in [1.807, 2.05) is 6.92 Å². The van der Waals surface area contributed by atoms with Crippen LogP contribution in [0.3, 0.4) is 0 Å². The average molecular weight is 389 g/mol. The van der Waals surface area contributed by atoms with Crippen LogP contribution in [0.2, 0.25) is 0 Å². The smallest absolute Gasteiger partial charge is 0.387 e. The number of methoxy groups -OCH3 is 1. The van der Waals surface area contributed by atoms with Crippen LogP contribution < -0.4 is 14.2 Å². The van der Waals surface area contributed by atoms with Crippen molar-refractivity contribution in [1.29, 1.82) is 0 Å². The van der Waals surface area contributed by atoms with E-state index in [1.165, 1.54) is 31.4 Å². The molecule has 1 aliphatic rings. The van der Waals surface area contributed by atoms with Gasteiger partial charge in [-0.2, -0.15) is 8.78 Å². The third kappa shape index (κ3) is 4.28. The Bertz CT molecular complexity index is 940. The molecule has 0 radical (unpaired) electrons. The first-order valence-electron chi connectivity index (χ1n) is 8.39. The highest BCUT2D eigenvalue weighted by Crippen LogP contribution is 2.31. The van der Waals surface area contributed by atoms with Crippen LogP contribution >= 0.6 is 0 Å². The van der Waals surface area contributed by atoms with Crippen LogP contribution in [0.4, 0.5) is 8.78 Å². The van der Waals surface area contributed by atoms with Crippen molar-refractivity contribution in [2.24, 2.45) is 4.99 Å². The van der Waals surface area contributed by atoms with Gasteiger partial charge in [0.1, 0.15) is 5.75 Å². The summed E-state index contributed by atoms with van der Waals surface area (Å²) in [6.45, 7) is -0.673. The number of ether oxygens (including phenoxy) is 4. The first-order chi connectivity index (χ1) is 13.5. The quantitative estimate of drug-likeness (QED) is 0.528. The summed E-state index contributed by atoms with van der Waals surface area (Å²) in [5.41, 5.74) is 1.12. The molecule has 146 valence electrons. The van der Waals surface area contributed by atoms with Gasteiger partial charge >= 0.3 is 12.6 Å². The van der Waals surface area contributed by atoms with Gasteiger partial charge in [-0.15, -0.1) is 0 Å². The molecular formula is C20H17F2NO5. The fourth-order valence-corrected chi connectivity index (χ4v) is 2.57. The Balaban J connectivity index is 1.92. The number of aliphatic imine (C=N–C) groups is 1. The summed E-state index contributed by atoms with van der Waals surface area (Å²) < 4.78 is 45.1. The Kier molecular flexibility index (Phi) is 5.88. The van der Waals surface area contributed by atoms with Crippen LogP contribution in [0.25, 0.3) is 6.08 Å². The van der Waals surface area contributed by atoms with Crippen molar-refractivity contribution in [3.63, 3.8) is 0 Å². The minimum Gasteiger partial charge on any atom is -0.493 e. The fraction of sp³-hybridized carbons (Fsp3) is 0.200. The predicted octanol–water partition coefficient (Wildman–Crippen LogP) is 4.04. The first kappa shape index (κ1) is 19.3. The van der Waals surface area contributed by atoms with Crippen molar-refractivity contribution in [3.05, 3.63) is 59.3 Å². The molecule has 28 heavy (non-hydrogen) atoms. The molecule has 2 aromatic rings. The maximum absolute atomic E-state index is 12.4. The van der Waals surface area contributed by atoms with Gasteiger partial charge in [0, 0.05) is 0 Å². The topological polar surface area (TPSA) is 66.3 Å². The summed E-state index contributed by atoms with van der Waals surface area (Å²) in [5, 5.41) is 0. The Labute approximate surface area is 160 Å². The molecule has 0 N–H and O–H groups in total. The third-order valence-corrected chi connectivity index (χ3v) is 3.74. The van der Waals surface area contributed by atoms with Crippen LogP contribution in [0.15, 0.2) is 53.2 Å². The summed E-state index contributed by atoms with van der Waals surface area (Å²) in [7, 11) is 1.33. The molecule has 8 heteroatoms. The second kappa shape index (κ2) is 8.51. The highest BCUT2D eigenvalue weighted by atomic mass is 19.3. The van der Waals surface area contributed by atoms with Crippen LogP contribution in [0.1, 0.15) is 18.1 Å². The average Bonchev–Trinajstić information content (AvgIpc) is 3.03. The van der Waals surface area contributed by atoms with Gasteiger partial charge in [-0.3, -0.25) is 0 Å². The highest BCUT2D eigenvalue weighted by Gasteiger charge is 2.26. The molecule has 0 saturated heterocycles. The second-order valence-electron chi connectivity index (χ2n) is 5.55. The number of carbonyl (C=O) groups is 1. The van der Waals surface area contributed by atoms with Gasteiger partial charge < -0.3 is 18.9 Å². The molecule has 0 amide bonds. The standard InChI is InChI=1S/C20H17F2NO5/c1-3-26-15-7-5-4-6-13(15)18-23-14(19(24)28-18)10-12-8-9-16(27-20(21)22)17(11-12)25-2/h4-11,20H,3H2,1-2H3/b14-10-.